The number of aliphatic hydroxyl groups is 1. The largest absolute Gasteiger partial charge is 0.491 e. The molecule has 11 heteroatoms. The number of ether oxygens (including phenoxy) is 1. The minimum absolute atomic E-state index is 0.0815. The number of carbonyl (C=O) groups is 1. The van der Waals surface area contributed by atoms with Gasteiger partial charge in [0.25, 0.3) is 5.91 Å². The molecular weight excluding hydrogens is 480 g/mol. The van der Waals surface area contributed by atoms with Crippen molar-refractivity contribution in [2.24, 2.45) is 5.73 Å². The summed E-state index contributed by atoms with van der Waals surface area (Å²) >= 11 is 6.18. The quantitative estimate of drug-likeness (QED) is 0.593. The lowest BCUT2D eigenvalue weighted by Crippen LogP contribution is -2.36. The number of amides is 1. The van der Waals surface area contributed by atoms with Crippen LogP contribution in [-0.4, -0.2) is 82.4 Å². The van der Waals surface area contributed by atoms with Crippen LogP contribution >= 0.6 is 11.6 Å². The molecule has 3 N–H and O–H groups in total. The van der Waals surface area contributed by atoms with E-state index < -0.39 is 18.6 Å². The first-order valence-electron chi connectivity index (χ1n) is 11.4. The van der Waals surface area contributed by atoms with Crippen LogP contribution < -0.4 is 10.5 Å². The van der Waals surface area contributed by atoms with Gasteiger partial charge in [-0.3, -0.25) is 9.69 Å². The number of nitrogens with two attached hydrogens (primary N) is 1. The van der Waals surface area contributed by atoms with Gasteiger partial charge in [-0.1, -0.05) is 11.6 Å². The number of carbonyl (C=O) groups excluding carboxylic acids is 1. The number of benzene rings is 1. The molecule has 0 bridgehead atoms. The van der Waals surface area contributed by atoms with Gasteiger partial charge in [0.1, 0.15) is 24.8 Å². The van der Waals surface area contributed by atoms with Crippen LogP contribution in [0.5, 0.6) is 5.75 Å². The molecule has 1 amide bonds. The molecule has 2 atom stereocenters. The maximum atomic E-state index is 14.0. The van der Waals surface area contributed by atoms with Gasteiger partial charge in [0.2, 0.25) is 0 Å². The fourth-order valence-corrected chi connectivity index (χ4v) is 4.59. The van der Waals surface area contributed by atoms with Crippen molar-refractivity contribution < 1.29 is 23.4 Å². The van der Waals surface area contributed by atoms with E-state index in [4.69, 9.17) is 22.1 Å². The zero-order chi connectivity index (χ0) is 25.3. The number of hydrogen-bond acceptors (Lipinski definition) is 7. The van der Waals surface area contributed by atoms with Crippen molar-refractivity contribution in [2.75, 3.05) is 39.5 Å². The SMILES string of the molecule is Cc1nc(C2=C(N)CN(C(=O)c3ccc(F)cc3OCC3CC(O)CN3CCF)C2)nc(C)c1Cl. The van der Waals surface area contributed by atoms with Crippen LogP contribution in [0.4, 0.5) is 8.78 Å². The molecule has 1 fully saturated rings. The molecule has 2 aromatic rings. The van der Waals surface area contributed by atoms with Crippen molar-refractivity contribution in [3.8, 4) is 5.75 Å². The maximum absolute atomic E-state index is 14.0. The number of alkyl halides is 1. The monoisotopic (exact) mass is 507 g/mol. The number of aryl methyl sites for hydroxylation is 2. The Morgan fingerprint density at radius 1 is 1.29 bits per heavy atom. The van der Waals surface area contributed by atoms with Crippen molar-refractivity contribution in [3.05, 3.63) is 57.5 Å². The first-order valence-corrected chi connectivity index (χ1v) is 11.7. The molecule has 0 spiro atoms. The number of rotatable bonds is 7. The van der Waals surface area contributed by atoms with E-state index in [1.54, 1.807) is 18.7 Å². The van der Waals surface area contributed by atoms with Crippen LogP contribution in [0, 0.1) is 19.7 Å². The number of aromatic nitrogens is 2. The number of likely N-dealkylation sites (tertiary alicyclic amines) is 1. The van der Waals surface area contributed by atoms with Gasteiger partial charge >= 0.3 is 0 Å². The maximum Gasteiger partial charge on any atom is 0.258 e. The van der Waals surface area contributed by atoms with E-state index in [9.17, 15) is 18.7 Å². The molecule has 0 saturated carbocycles. The molecule has 1 aromatic heterocycles. The molecule has 35 heavy (non-hydrogen) atoms. The summed E-state index contributed by atoms with van der Waals surface area (Å²) in [5, 5.41) is 10.4. The number of halogens is 3. The predicted octanol–water partition coefficient (Wildman–Crippen LogP) is 2.50. The summed E-state index contributed by atoms with van der Waals surface area (Å²) in [6, 6.07) is 3.48. The Morgan fingerprint density at radius 3 is 2.69 bits per heavy atom. The second-order valence-electron chi connectivity index (χ2n) is 8.88. The van der Waals surface area contributed by atoms with Gasteiger partial charge in [0.15, 0.2) is 5.82 Å². The lowest BCUT2D eigenvalue weighted by molar-refractivity contribution is 0.0792. The fraction of sp³-hybridized carbons (Fsp3) is 0.458. The summed E-state index contributed by atoms with van der Waals surface area (Å²) in [5.41, 5.74) is 8.75. The van der Waals surface area contributed by atoms with E-state index in [2.05, 4.69) is 9.97 Å². The molecule has 2 unspecified atom stereocenters. The van der Waals surface area contributed by atoms with Gasteiger partial charge in [-0.15, -0.1) is 0 Å². The van der Waals surface area contributed by atoms with Crippen LogP contribution in [0.1, 0.15) is 34.0 Å². The van der Waals surface area contributed by atoms with Gasteiger partial charge < -0.3 is 20.5 Å². The second kappa shape index (κ2) is 10.4. The third-order valence-electron chi connectivity index (χ3n) is 6.32. The van der Waals surface area contributed by atoms with Crippen molar-refractivity contribution in [2.45, 2.75) is 32.4 Å². The van der Waals surface area contributed by atoms with E-state index in [-0.39, 0.29) is 49.5 Å². The molecule has 0 aliphatic carbocycles. The van der Waals surface area contributed by atoms with Crippen LogP contribution in [-0.2, 0) is 0 Å². The zero-order valence-corrected chi connectivity index (χ0v) is 20.4. The Bertz CT molecular complexity index is 1140. The average molecular weight is 508 g/mol. The fourth-order valence-electron chi connectivity index (χ4n) is 4.51. The standard InChI is InChI=1S/C24H28ClF2N5O3/c1-13-22(25)14(2)30-23(29-13)19-10-32(11-20(19)28)24(34)18-4-3-15(27)7-21(18)35-12-16-8-17(33)9-31(16)6-5-26/h3-4,7,16-17,33H,5-6,8-12,28H2,1-2H3. The van der Waals surface area contributed by atoms with Crippen molar-refractivity contribution in [1.29, 1.82) is 0 Å². The van der Waals surface area contributed by atoms with Crippen molar-refractivity contribution in [3.63, 3.8) is 0 Å². The van der Waals surface area contributed by atoms with Crippen molar-refractivity contribution in [1.82, 2.24) is 19.8 Å². The van der Waals surface area contributed by atoms with Gasteiger partial charge in [0.05, 0.1) is 41.2 Å². The number of aliphatic hydroxyl groups excluding tert-OH is 1. The summed E-state index contributed by atoms with van der Waals surface area (Å²) in [5.74, 6) is -0.435. The topological polar surface area (TPSA) is 105 Å². The summed E-state index contributed by atoms with van der Waals surface area (Å²) in [6.45, 7) is 3.95. The Morgan fingerprint density at radius 2 is 2.00 bits per heavy atom. The highest BCUT2D eigenvalue weighted by atomic mass is 35.5. The Hall–Kier alpha value is -2.82. The van der Waals surface area contributed by atoms with Crippen LogP contribution in [0.15, 0.2) is 23.9 Å². The predicted molar refractivity (Wildman–Crippen MR) is 127 cm³/mol. The van der Waals surface area contributed by atoms with E-state index in [0.717, 1.165) is 6.07 Å². The highest BCUT2D eigenvalue weighted by Gasteiger charge is 2.33. The molecule has 3 heterocycles. The Labute approximate surface area is 207 Å². The smallest absolute Gasteiger partial charge is 0.258 e. The molecular formula is C24H28ClF2N5O3. The van der Waals surface area contributed by atoms with Crippen LogP contribution in [0.2, 0.25) is 5.02 Å². The van der Waals surface area contributed by atoms with Gasteiger partial charge in [-0.25, -0.2) is 18.7 Å². The summed E-state index contributed by atoms with van der Waals surface area (Å²) in [4.78, 5) is 25.5. The number of β-amino-alcohol motifs (C(OH)–C–C–N with tert-alkyl or cyclic N) is 1. The molecule has 2 aliphatic heterocycles. The lowest BCUT2D eigenvalue weighted by atomic mass is 10.1. The molecule has 0 radical (unpaired) electrons. The number of hydrogen-bond donors (Lipinski definition) is 2. The van der Waals surface area contributed by atoms with E-state index in [0.29, 0.717) is 46.5 Å². The zero-order valence-electron chi connectivity index (χ0n) is 19.6. The van der Waals surface area contributed by atoms with Crippen molar-refractivity contribution >= 4 is 23.1 Å². The molecule has 1 aromatic carbocycles. The highest BCUT2D eigenvalue weighted by molar-refractivity contribution is 6.31. The second-order valence-corrected chi connectivity index (χ2v) is 9.25. The molecule has 1 saturated heterocycles. The molecule has 188 valence electrons. The van der Waals surface area contributed by atoms with Gasteiger partial charge in [-0.2, -0.15) is 0 Å². The Kier molecular flexibility index (Phi) is 7.53. The first-order chi connectivity index (χ1) is 16.7. The molecule has 4 rings (SSSR count). The summed E-state index contributed by atoms with van der Waals surface area (Å²) in [7, 11) is 0. The van der Waals surface area contributed by atoms with E-state index in [1.807, 2.05) is 0 Å². The Balaban J connectivity index is 1.51. The average Bonchev–Trinajstić information content (AvgIpc) is 3.37. The number of nitrogens with zero attached hydrogens (tertiary/aromatic N) is 4. The van der Waals surface area contributed by atoms with Crippen LogP contribution in [0.3, 0.4) is 0 Å². The van der Waals surface area contributed by atoms with Gasteiger partial charge in [-0.05, 0) is 32.4 Å². The minimum atomic E-state index is -0.580. The normalized spacial score (nSPS) is 20.7. The molecule has 2 aliphatic rings. The third kappa shape index (κ3) is 5.39. The van der Waals surface area contributed by atoms with Gasteiger partial charge in [0, 0.05) is 36.5 Å². The van der Waals surface area contributed by atoms with Crippen LogP contribution in [0.25, 0.3) is 5.57 Å². The molecule has 8 nitrogen and oxygen atoms in total. The van der Waals surface area contributed by atoms with E-state index in [1.165, 1.54) is 17.0 Å². The third-order valence-corrected chi connectivity index (χ3v) is 6.87. The summed E-state index contributed by atoms with van der Waals surface area (Å²) < 4.78 is 32.7. The first kappa shape index (κ1) is 25.3. The minimum Gasteiger partial charge on any atom is -0.491 e. The summed E-state index contributed by atoms with van der Waals surface area (Å²) in [6.07, 6.45) is -0.169. The lowest BCUT2D eigenvalue weighted by Gasteiger charge is -2.24. The van der Waals surface area contributed by atoms with E-state index >= 15 is 0 Å². The highest BCUT2D eigenvalue weighted by Crippen LogP contribution is 2.29.